The maximum Gasteiger partial charge on any atom is 0.157 e. The van der Waals surface area contributed by atoms with Crippen LogP contribution in [0.5, 0.6) is 0 Å². The number of nitrogens with zero attached hydrogens (tertiary/aromatic N) is 3. The van der Waals surface area contributed by atoms with E-state index in [1.807, 2.05) is 18.2 Å². The Morgan fingerprint density at radius 1 is 1.13 bits per heavy atom. The lowest BCUT2D eigenvalue weighted by Crippen LogP contribution is -2.07. The van der Waals surface area contributed by atoms with Crippen LogP contribution >= 0.6 is 11.6 Å². The van der Waals surface area contributed by atoms with Gasteiger partial charge in [-0.05, 0) is 31.9 Å². The summed E-state index contributed by atoms with van der Waals surface area (Å²) in [5.41, 5.74) is 8.52. The van der Waals surface area contributed by atoms with Crippen LogP contribution in [0.4, 0.5) is 0 Å². The minimum atomic E-state index is 0.494. The Hall–Kier alpha value is -1.65. The third kappa shape index (κ3) is 3.19. The SMILES string of the molecule is CCCCc1nc2c(Cl)nc3ccccc3c2n1CCCCN. The zero-order valence-corrected chi connectivity index (χ0v) is 14.3. The van der Waals surface area contributed by atoms with Crippen molar-refractivity contribution in [1.29, 1.82) is 0 Å². The quantitative estimate of drug-likeness (QED) is 0.518. The first-order chi connectivity index (χ1) is 11.3. The number of imidazole rings is 1. The van der Waals surface area contributed by atoms with E-state index < -0.39 is 0 Å². The predicted octanol–water partition coefficient (Wildman–Crippen LogP) is 4.32. The average Bonchev–Trinajstić information content (AvgIpc) is 2.93. The molecule has 4 nitrogen and oxygen atoms in total. The maximum atomic E-state index is 6.41. The van der Waals surface area contributed by atoms with Gasteiger partial charge in [-0.15, -0.1) is 0 Å². The van der Waals surface area contributed by atoms with Crippen molar-refractivity contribution in [2.45, 2.75) is 45.6 Å². The largest absolute Gasteiger partial charge is 0.330 e. The molecule has 0 aliphatic carbocycles. The molecule has 122 valence electrons. The van der Waals surface area contributed by atoms with Crippen molar-refractivity contribution in [2.75, 3.05) is 6.54 Å². The van der Waals surface area contributed by atoms with Crippen molar-refractivity contribution >= 4 is 33.5 Å². The summed E-state index contributed by atoms with van der Waals surface area (Å²) in [5, 5.41) is 1.61. The second-order valence-electron chi connectivity index (χ2n) is 5.90. The second-order valence-corrected chi connectivity index (χ2v) is 6.25. The van der Waals surface area contributed by atoms with Gasteiger partial charge in [-0.2, -0.15) is 0 Å². The van der Waals surface area contributed by atoms with Crippen molar-refractivity contribution < 1.29 is 0 Å². The summed E-state index contributed by atoms with van der Waals surface area (Å²) in [6.45, 7) is 3.85. The lowest BCUT2D eigenvalue weighted by atomic mass is 10.2. The molecule has 3 rings (SSSR count). The molecule has 0 saturated heterocycles. The molecule has 0 bridgehead atoms. The van der Waals surface area contributed by atoms with Gasteiger partial charge in [0.25, 0.3) is 0 Å². The zero-order chi connectivity index (χ0) is 16.2. The maximum absolute atomic E-state index is 6.41. The van der Waals surface area contributed by atoms with Gasteiger partial charge in [0, 0.05) is 18.4 Å². The highest BCUT2D eigenvalue weighted by Gasteiger charge is 2.16. The standard InChI is InChI=1S/C18H23ClN4/c1-2-3-10-15-22-16-17(23(15)12-7-6-11-20)13-8-4-5-9-14(13)21-18(16)19/h4-5,8-9H,2-3,6-7,10-12,20H2,1H3. The highest BCUT2D eigenvalue weighted by atomic mass is 35.5. The Kier molecular flexibility index (Phi) is 5.13. The number of aryl methyl sites for hydroxylation is 2. The van der Waals surface area contributed by atoms with Crippen molar-refractivity contribution in [3.05, 3.63) is 35.2 Å². The molecule has 0 fully saturated rings. The summed E-state index contributed by atoms with van der Waals surface area (Å²) in [5.74, 6) is 1.11. The smallest absolute Gasteiger partial charge is 0.157 e. The van der Waals surface area contributed by atoms with E-state index in [1.54, 1.807) is 0 Å². The molecule has 0 unspecified atom stereocenters. The molecule has 0 atom stereocenters. The number of aromatic nitrogens is 3. The Morgan fingerprint density at radius 2 is 1.96 bits per heavy atom. The van der Waals surface area contributed by atoms with E-state index in [2.05, 4.69) is 22.5 Å². The van der Waals surface area contributed by atoms with Crippen LogP contribution in [-0.2, 0) is 13.0 Å². The van der Waals surface area contributed by atoms with Gasteiger partial charge in [0.1, 0.15) is 11.3 Å². The highest BCUT2D eigenvalue weighted by molar-refractivity contribution is 6.35. The Bertz CT molecular complexity index is 809. The van der Waals surface area contributed by atoms with Gasteiger partial charge in [-0.3, -0.25) is 0 Å². The average molecular weight is 331 g/mol. The molecule has 2 N–H and O–H groups in total. The molecule has 0 saturated carbocycles. The van der Waals surface area contributed by atoms with Gasteiger partial charge in [-0.1, -0.05) is 43.1 Å². The Labute approximate surface area is 141 Å². The molecule has 3 aromatic rings. The summed E-state index contributed by atoms with van der Waals surface area (Å²) in [7, 11) is 0. The highest BCUT2D eigenvalue weighted by Crippen LogP contribution is 2.30. The van der Waals surface area contributed by atoms with Gasteiger partial charge >= 0.3 is 0 Å². The normalized spacial score (nSPS) is 11.6. The summed E-state index contributed by atoms with van der Waals surface area (Å²) < 4.78 is 2.33. The number of unbranched alkanes of at least 4 members (excludes halogenated alkanes) is 2. The number of para-hydroxylation sites is 1. The lowest BCUT2D eigenvalue weighted by Gasteiger charge is -2.10. The molecule has 0 spiro atoms. The van der Waals surface area contributed by atoms with Crippen LogP contribution in [0.15, 0.2) is 24.3 Å². The fourth-order valence-electron chi connectivity index (χ4n) is 3.03. The number of rotatable bonds is 7. The second kappa shape index (κ2) is 7.28. The van der Waals surface area contributed by atoms with E-state index in [4.69, 9.17) is 22.3 Å². The van der Waals surface area contributed by atoms with E-state index in [-0.39, 0.29) is 0 Å². The van der Waals surface area contributed by atoms with E-state index >= 15 is 0 Å². The molecule has 2 heterocycles. The molecule has 23 heavy (non-hydrogen) atoms. The van der Waals surface area contributed by atoms with E-state index in [1.165, 1.54) is 0 Å². The number of benzene rings is 1. The van der Waals surface area contributed by atoms with Gasteiger partial charge in [0.2, 0.25) is 0 Å². The molecule has 0 aliphatic rings. The number of pyridine rings is 1. The predicted molar refractivity (Wildman–Crippen MR) is 96.9 cm³/mol. The number of fused-ring (bicyclic) bond motifs is 3. The van der Waals surface area contributed by atoms with Crippen molar-refractivity contribution in [3.8, 4) is 0 Å². The van der Waals surface area contributed by atoms with E-state index in [0.717, 1.165) is 73.0 Å². The van der Waals surface area contributed by atoms with E-state index in [9.17, 15) is 0 Å². The fraction of sp³-hybridized carbons (Fsp3) is 0.444. The van der Waals surface area contributed by atoms with Crippen LogP contribution in [0.3, 0.4) is 0 Å². The monoisotopic (exact) mass is 330 g/mol. The number of hydrogen-bond donors (Lipinski definition) is 1. The number of hydrogen-bond acceptors (Lipinski definition) is 3. The van der Waals surface area contributed by atoms with Gasteiger partial charge in [0.05, 0.1) is 11.0 Å². The molecular weight excluding hydrogens is 308 g/mol. The molecule has 1 aromatic carbocycles. The molecular formula is C18H23ClN4. The molecule has 0 radical (unpaired) electrons. The lowest BCUT2D eigenvalue weighted by molar-refractivity contribution is 0.593. The summed E-state index contributed by atoms with van der Waals surface area (Å²) >= 11 is 6.41. The minimum Gasteiger partial charge on any atom is -0.330 e. The topological polar surface area (TPSA) is 56.7 Å². The van der Waals surface area contributed by atoms with Crippen molar-refractivity contribution in [1.82, 2.24) is 14.5 Å². The van der Waals surface area contributed by atoms with Crippen LogP contribution in [0.1, 0.15) is 38.4 Å². The summed E-state index contributed by atoms with van der Waals surface area (Å²) in [4.78, 5) is 9.32. The van der Waals surface area contributed by atoms with Gasteiger partial charge < -0.3 is 10.3 Å². The Balaban J connectivity index is 2.19. The summed E-state index contributed by atoms with van der Waals surface area (Å²) in [6.07, 6.45) is 5.32. The van der Waals surface area contributed by atoms with Crippen LogP contribution in [0, 0.1) is 0 Å². The van der Waals surface area contributed by atoms with Crippen molar-refractivity contribution in [3.63, 3.8) is 0 Å². The van der Waals surface area contributed by atoms with Crippen LogP contribution in [0.25, 0.3) is 21.9 Å². The van der Waals surface area contributed by atoms with Gasteiger partial charge in [0.15, 0.2) is 5.15 Å². The van der Waals surface area contributed by atoms with E-state index in [0.29, 0.717) is 5.15 Å². The first-order valence-electron chi connectivity index (χ1n) is 8.39. The minimum absolute atomic E-state index is 0.494. The summed E-state index contributed by atoms with van der Waals surface area (Å²) in [6, 6.07) is 8.14. The number of nitrogens with two attached hydrogens (primary N) is 1. The fourth-order valence-corrected chi connectivity index (χ4v) is 3.25. The third-order valence-corrected chi connectivity index (χ3v) is 4.47. The first kappa shape index (κ1) is 16.2. The zero-order valence-electron chi connectivity index (χ0n) is 13.6. The van der Waals surface area contributed by atoms with Gasteiger partial charge in [-0.25, -0.2) is 9.97 Å². The van der Waals surface area contributed by atoms with Crippen LogP contribution < -0.4 is 5.73 Å². The molecule has 0 amide bonds. The molecule has 5 heteroatoms. The van der Waals surface area contributed by atoms with Crippen LogP contribution in [0.2, 0.25) is 5.15 Å². The molecule has 0 aliphatic heterocycles. The first-order valence-corrected chi connectivity index (χ1v) is 8.77. The van der Waals surface area contributed by atoms with Crippen LogP contribution in [-0.4, -0.2) is 21.1 Å². The number of halogens is 1. The molecule has 2 aromatic heterocycles. The Morgan fingerprint density at radius 3 is 2.74 bits per heavy atom. The van der Waals surface area contributed by atoms with Crippen molar-refractivity contribution in [2.24, 2.45) is 5.73 Å². The third-order valence-electron chi connectivity index (χ3n) is 4.21.